The Morgan fingerprint density at radius 1 is 1.20 bits per heavy atom. The van der Waals surface area contributed by atoms with Gasteiger partial charge in [-0.1, -0.05) is 0 Å². The van der Waals surface area contributed by atoms with Crippen LogP contribution in [0.25, 0.3) is 0 Å². The molecule has 136 valence electrons. The number of amides is 2. The number of hydrogen-bond acceptors (Lipinski definition) is 4. The predicted octanol–water partition coefficient (Wildman–Crippen LogP) is 1.55. The summed E-state index contributed by atoms with van der Waals surface area (Å²) in [6.07, 6.45) is 3.71. The Kier molecular flexibility index (Phi) is 4.83. The van der Waals surface area contributed by atoms with Crippen molar-refractivity contribution < 1.29 is 19.1 Å². The van der Waals surface area contributed by atoms with Crippen LogP contribution in [0.3, 0.4) is 0 Å². The molecule has 1 aliphatic heterocycles. The third kappa shape index (κ3) is 3.55. The lowest BCUT2D eigenvalue weighted by Crippen LogP contribution is -2.46. The Hall–Kier alpha value is -2.31. The van der Waals surface area contributed by atoms with Gasteiger partial charge in [0.05, 0.1) is 18.6 Å². The van der Waals surface area contributed by atoms with Crippen LogP contribution in [0.2, 0.25) is 0 Å². The van der Waals surface area contributed by atoms with E-state index in [0.717, 1.165) is 25.7 Å². The molecule has 25 heavy (non-hydrogen) atoms. The number of carbonyl (C=O) groups is 3. The number of aromatic nitrogens is 1. The Balaban J connectivity index is 1.74. The van der Waals surface area contributed by atoms with Gasteiger partial charge >= 0.3 is 5.97 Å². The zero-order chi connectivity index (χ0) is 18.1. The monoisotopic (exact) mass is 347 g/mol. The number of nitrogens with zero attached hydrogens (tertiary/aromatic N) is 1. The first kappa shape index (κ1) is 17.5. The quantitative estimate of drug-likeness (QED) is 0.809. The first-order valence-corrected chi connectivity index (χ1v) is 8.79. The molecule has 0 aromatic carbocycles. The minimum Gasteiger partial charge on any atom is -0.465 e. The van der Waals surface area contributed by atoms with Crippen molar-refractivity contribution in [1.82, 2.24) is 15.2 Å². The van der Waals surface area contributed by atoms with Gasteiger partial charge in [0, 0.05) is 24.8 Å². The molecule has 2 N–H and O–H groups in total. The molecule has 2 fully saturated rings. The highest BCUT2D eigenvalue weighted by Crippen LogP contribution is 2.25. The molecule has 2 heterocycles. The van der Waals surface area contributed by atoms with Crippen molar-refractivity contribution >= 4 is 17.8 Å². The number of esters is 1. The average molecular weight is 347 g/mol. The minimum atomic E-state index is -0.453. The Morgan fingerprint density at radius 2 is 1.92 bits per heavy atom. The van der Waals surface area contributed by atoms with Gasteiger partial charge in [-0.2, -0.15) is 0 Å². The number of hydrogen-bond donors (Lipinski definition) is 2. The fraction of sp³-hybridized carbons (Fsp3) is 0.611. The number of ether oxygens (including phenoxy) is 1. The van der Waals surface area contributed by atoms with Crippen LogP contribution in [0.5, 0.6) is 0 Å². The molecular formula is C18H25N3O4. The maximum Gasteiger partial charge on any atom is 0.339 e. The lowest BCUT2D eigenvalue weighted by atomic mass is 9.96. The molecular weight excluding hydrogens is 322 g/mol. The van der Waals surface area contributed by atoms with Crippen LogP contribution in [0.15, 0.2) is 0 Å². The fourth-order valence-electron chi connectivity index (χ4n) is 3.45. The van der Waals surface area contributed by atoms with Gasteiger partial charge in [-0.3, -0.25) is 9.59 Å². The van der Waals surface area contributed by atoms with E-state index >= 15 is 0 Å². The standard InChI is InChI=1S/C18H25N3O4/c1-10-14(18(24)25-3)11(2)19-15(10)17(23)21-8-4-5-12(9-21)16(22)20-13-6-7-13/h12-13,19H,4-9H2,1-3H3,(H,20,22)/t12-/m1/s1. The zero-order valence-electron chi connectivity index (χ0n) is 15.0. The number of H-pyrrole nitrogens is 1. The van der Waals surface area contributed by atoms with E-state index in [1.165, 1.54) is 7.11 Å². The molecule has 1 aromatic heterocycles. The predicted molar refractivity (Wildman–Crippen MR) is 91.4 cm³/mol. The summed E-state index contributed by atoms with van der Waals surface area (Å²) >= 11 is 0. The van der Waals surface area contributed by atoms with Gasteiger partial charge in [-0.05, 0) is 45.1 Å². The number of likely N-dealkylation sites (tertiary alicyclic amines) is 1. The van der Waals surface area contributed by atoms with Crippen LogP contribution in [0, 0.1) is 19.8 Å². The van der Waals surface area contributed by atoms with Gasteiger partial charge < -0.3 is 19.9 Å². The Morgan fingerprint density at radius 3 is 2.56 bits per heavy atom. The van der Waals surface area contributed by atoms with Gasteiger partial charge in [0.15, 0.2) is 0 Å². The second-order valence-electron chi connectivity index (χ2n) is 6.99. The topological polar surface area (TPSA) is 91.5 Å². The molecule has 1 aliphatic carbocycles. The van der Waals surface area contributed by atoms with Crippen LogP contribution in [0.1, 0.15) is 57.8 Å². The van der Waals surface area contributed by atoms with E-state index in [0.29, 0.717) is 41.6 Å². The van der Waals surface area contributed by atoms with E-state index in [-0.39, 0.29) is 17.7 Å². The molecule has 0 radical (unpaired) electrons. The van der Waals surface area contributed by atoms with Crippen LogP contribution in [0.4, 0.5) is 0 Å². The van der Waals surface area contributed by atoms with Crippen molar-refractivity contribution in [3.8, 4) is 0 Å². The van der Waals surface area contributed by atoms with E-state index in [1.807, 2.05) is 0 Å². The maximum atomic E-state index is 12.9. The van der Waals surface area contributed by atoms with Crippen LogP contribution in [-0.2, 0) is 9.53 Å². The highest BCUT2D eigenvalue weighted by Gasteiger charge is 2.33. The molecule has 0 bridgehead atoms. The van der Waals surface area contributed by atoms with Crippen LogP contribution < -0.4 is 5.32 Å². The highest BCUT2D eigenvalue weighted by molar-refractivity contribution is 6.00. The molecule has 0 spiro atoms. The summed E-state index contributed by atoms with van der Waals surface area (Å²) in [5, 5.41) is 3.02. The summed E-state index contributed by atoms with van der Waals surface area (Å²) in [5.74, 6) is -0.727. The van der Waals surface area contributed by atoms with Crippen molar-refractivity contribution in [1.29, 1.82) is 0 Å². The lowest BCUT2D eigenvalue weighted by Gasteiger charge is -2.32. The number of piperidine rings is 1. The smallest absolute Gasteiger partial charge is 0.339 e. The van der Waals surface area contributed by atoms with Crippen molar-refractivity contribution in [2.24, 2.45) is 5.92 Å². The number of aryl methyl sites for hydroxylation is 1. The summed E-state index contributed by atoms with van der Waals surface area (Å²) in [7, 11) is 1.32. The van der Waals surface area contributed by atoms with Crippen LogP contribution in [-0.4, -0.2) is 53.9 Å². The first-order chi connectivity index (χ1) is 11.9. The number of methoxy groups -OCH3 is 1. The van der Waals surface area contributed by atoms with Crippen molar-refractivity contribution in [3.63, 3.8) is 0 Å². The third-order valence-electron chi connectivity index (χ3n) is 5.04. The van der Waals surface area contributed by atoms with E-state index < -0.39 is 5.97 Å². The molecule has 3 rings (SSSR count). The number of rotatable bonds is 4. The van der Waals surface area contributed by atoms with E-state index in [9.17, 15) is 14.4 Å². The fourth-order valence-corrected chi connectivity index (χ4v) is 3.45. The first-order valence-electron chi connectivity index (χ1n) is 8.79. The SMILES string of the molecule is COC(=O)c1c(C)[nH]c(C(=O)N2CCC[C@@H](C(=O)NC3CC3)C2)c1C. The molecule has 1 atom stereocenters. The van der Waals surface area contributed by atoms with Gasteiger partial charge in [0.1, 0.15) is 5.69 Å². The van der Waals surface area contributed by atoms with Crippen molar-refractivity contribution in [2.75, 3.05) is 20.2 Å². The van der Waals surface area contributed by atoms with Gasteiger partial charge in [-0.15, -0.1) is 0 Å². The Labute approximate surface area is 147 Å². The van der Waals surface area contributed by atoms with Crippen molar-refractivity contribution in [2.45, 2.75) is 45.6 Å². The summed E-state index contributed by atoms with van der Waals surface area (Å²) in [6, 6.07) is 0.328. The largest absolute Gasteiger partial charge is 0.465 e. The van der Waals surface area contributed by atoms with E-state index in [1.54, 1.807) is 18.7 Å². The molecule has 7 nitrogen and oxygen atoms in total. The van der Waals surface area contributed by atoms with Crippen molar-refractivity contribution in [3.05, 3.63) is 22.5 Å². The lowest BCUT2D eigenvalue weighted by molar-refractivity contribution is -0.126. The zero-order valence-corrected chi connectivity index (χ0v) is 15.0. The molecule has 1 aromatic rings. The van der Waals surface area contributed by atoms with Crippen LogP contribution >= 0.6 is 0 Å². The molecule has 7 heteroatoms. The van der Waals surface area contributed by atoms with E-state index in [2.05, 4.69) is 10.3 Å². The molecule has 1 saturated heterocycles. The minimum absolute atomic E-state index is 0.0506. The summed E-state index contributed by atoms with van der Waals surface area (Å²) < 4.78 is 4.79. The number of nitrogens with one attached hydrogen (secondary N) is 2. The molecule has 1 saturated carbocycles. The second-order valence-corrected chi connectivity index (χ2v) is 6.99. The maximum absolute atomic E-state index is 12.9. The normalized spacial score (nSPS) is 20.3. The summed E-state index contributed by atoms with van der Waals surface area (Å²) in [5.41, 5.74) is 2.03. The van der Waals surface area contributed by atoms with E-state index in [4.69, 9.17) is 4.74 Å². The van der Waals surface area contributed by atoms with Gasteiger partial charge in [0.2, 0.25) is 5.91 Å². The molecule has 2 aliphatic rings. The second kappa shape index (κ2) is 6.90. The van der Waals surface area contributed by atoms with Gasteiger partial charge in [0.25, 0.3) is 5.91 Å². The molecule has 2 amide bonds. The Bertz CT molecular complexity index is 705. The number of carbonyl (C=O) groups excluding carboxylic acids is 3. The average Bonchev–Trinajstić information content (AvgIpc) is 3.37. The number of aromatic amines is 1. The summed E-state index contributed by atoms with van der Waals surface area (Å²) in [6.45, 7) is 4.53. The highest BCUT2D eigenvalue weighted by atomic mass is 16.5. The molecule has 0 unspecified atom stereocenters. The summed E-state index contributed by atoms with van der Waals surface area (Å²) in [4.78, 5) is 41.8. The van der Waals surface area contributed by atoms with Gasteiger partial charge in [-0.25, -0.2) is 4.79 Å². The third-order valence-corrected chi connectivity index (χ3v) is 5.04.